The number of anilines is 1. The zero-order valence-electron chi connectivity index (χ0n) is 19.5. The van der Waals surface area contributed by atoms with Gasteiger partial charge in [-0.05, 0) is 77.0 Å². The first-order chi connectivity index (χ1) is 15.1. The van der Waals surface area contributed by atoms with Crippen molar-refractivity contribution in [3.05, 3.63) is 23.8 Å². The van der Waals surface area contributed by atoms with Crippen LogP contribution in [0.5, 0.6) is 0 Å². The molecule has 172 valence electrons. The van der Waals surface area contributed by atoms with Gasteiger partial charge in [0.25, 0.3) is 5.91 Å². The number of nitrogens with zero attached hydrogens (tertiary/aromatic N) is 1. The second-order valence-electron chi connectivity index (χ2n) is 10.9. The molecule has 1 aliphatic carbocycles. The molecule has 7 nitrogen and oxygen atoms in total. The van der Waals surface area contributed by atoms with Crippen molar-refractivity contribution >= 4 is 30.1 Å². The Morgan fingerprint density at radius 2 is 1.66 bits per heavy atom. The van der Waals surface area contributed by atoms with Gasteiger partial charge in [-0.3, -0.25) is 9.59 Å². The molecule has 3 aliphatic heterocycles. The number of benzene rings is 1. The maximum atomic E-state index is 13.6. The van der Waals surface area contributed by atoms with E-state index in [1.807, 2.05) is 50.8 Å². The number of hydrogen-bond acceptors (Lipinski definition) is 5. The number of carbonyl (C=O) groups excluding carboxylic acids is 2. The number of amides is 2. The molecular weight excluding hydrogens is 407 g/mol. The van der Waals surface area contributed by atoms with Crippen LogP contribution in [0.25, 0.3) is 0 Å². The lowest BCUT2D eigenvalue weighted by atomic mass is 9.74. The number of ether oxygens (including phenoxy) is 1. The summed E-state index contributed by atoms with van der Waals surface area (Å²) in [6.45, 7) is 11.1. The van der Waals surface area contributed by atoms with Crippen molar-refractivity contribution in [1.29, 1.82) is 0 Å². The summed E-state index contributed by atoms with van der Waals surface area (Å²) in [5.41, 5.74) is 1.15. The monoisotopic (exact) mass is 440 g/mol. The van der Waals surface area contributed by atoms with Crippen LogP contribution in [0, 0.1) is 11.3 Å². The van der Waals surface area contributed by atoms with E-state index in [0.717, 1.165) is 52.0 Å². The molecule has 1 N–H and O–H groups in total. The third kappa shape index (κ3) is 3.86. The smallest absolute Gasteiger partial charge is 0.399 e. The number of hydrogen-bond donors (Lipinski definition) is 1. The minimum Gasteiger partial charge on any atom is -0.399 e. The van der Waals surface area contributed by atoms with Crippen LogP contribution >= 0.6 is 0 Å². The second kappa shape index (κ2) is 7.57. The lowest BCUT2D eigenvalue weighted by molar-refractivity contribution is -0.136. The normalized spacial score (nSPS) is 25.5. The molecule has 0 aromatic heterocycles. The summed E-state index contributed by atoms with van der Waals surface area (Å²) in [5.74, 6) is 0.130. The van der Waals surface area contributed by atoms with Gasteiger partial charge in [0.1, 0.15) is 0 Å². The Balaban J connectivity index is 1.42. The van der Waals surface area contributed by atoms with Gasteiger partial charge in [0.15, 0.2) is 0 Å². The van der Waals surface area contributed by atoms with Gasteiger partial charge in [0.2, 0.25) is 5.91 Å². The fourth-order valence-electron chi connectivity index (χ4n) is 4.62. The van der Waals surface area contributed by atoms with Crippen molar-refractivity contribution in [2.45, 2.75) is 64.6 Å². The summed E-state index contributed by atoms with van der Waals surface area (Å²) < 4.78 is 18.0. The fourth-order valence-corrected chi connectivity index (χ4v) is 4.62. The molecule has 3 saturated heterocycles. The van der Waals surface area contributed by atoms with Crippen LogP contribution in [0.15, 0.2) is 18.2 Å². The van der Waals surface area contributed by atoms with Crippen LogP contribution in [0.1, 0.15) is 63.7 Å². The summed E-state index contributed by atoms with van der Waals surface area (Å²) in [6.07, 6.45) is 3.82. The fraction of sp³-hybridized carbons (Fsp3) is 0.667. The Kier molecular flexibility index (Phi) is 5.19. The molecule has 5 rings (SSSR count). The Morgan fingerprint density at radius 3 is 2.19 bits per heavy atom. The molecule has 0 atom stereocenters. The Labute approximate surface area is 190 Å². The molecule has 1 aromatic carbocycles. The van der Waals surface area contributed by atoms with E-state index in [0.29, 0.717) is 16.7 Å². The zero-order valence-corrected chi connectivity index (χ0v) is 19.5. The van der Waals surface area contributed by atoms with E-state index in [-0.39, 0.29) is 23.1 Å². The standard InChI is InChI=1S/C24H33BN2O5/c1-22(2)23(3,4)32-25(31-22)19-13-17(26-20(28)16-5-6-16)7-8-18(19)21(29)27-11-9-24(10-12-27)14-30-15-24/h7-8,13,16H,5-6,9-12,14-15H2,1-4H3,(H,26,28). The van der Waals surface area contributed by atoms with Crippen molar-refractivity contribution < 1.29 is 23.6 Å². The van der Waals surface area contributed by atoms with Gasteiger partial charge in [0, 0.05) is 35.7 Å². The molecule has 3 heterocycles. The van der Waals surface area contributed by atoms with E-state index in [2.05, 4.69) is 5.32 Å². The minimum absolute atomic E-state index is 0.00938. The molecule has 4 aliphatic rings. The van der Waals surface area contributed by atoms with Gasteiger partial charge >= 0.3 is 7.12 Å². The molecule has 1 aromatic rings. The van der Waals surface area contributed by atoms with Gasteiger partial charge < -0.3 is 24.3 Å². The molecule has 32 heavy (non-hydrogen) atoms. The Morgan fingerprint density at radius 1 is 1.03 bits per heavy atom. The van der Waals surface area contributed by atoms with Gasteiger partial charge in [-0.15, -0.1) is 0 Å². The first-order valence-corrected chi connectivity index (χ1v) is 11.8. The van der Waals surface area contributed by atoms with Crippen LogP contribution in [-0.2, 0) is 18.8 Å². The second-order valence-corrected chi connectivity index (χ2v) is 10.9. The lowest BCUT2D eigenvalue weighted by Gasteiger charge is -2.47. The molecule has 4 fully saturated rings. The average molecular weight is 440 g/mol. The highest BCUT2D eigenvalue weighted by molar-refractivity contribution is 6.64. The van der Waals surface area contributed by atoms with Crippen molar-refractivity contribution in [3.63, 3.8) is 0 Å². The van der Waals surface area contributed by atoms with Crippen molar-refractivity contribution in [1.82, 2.24) is 4.90 Å². The number of carbonyl (C=O) groups is 2. The van der Waals surface area contributed by atoms with E-state index in [9.17, 15) is 9.59 Å². The summed E-state index contributed by atoms with van der Waals surface area (Å²) >= 11 is 0. The van der Waals surface area contributed by atoms with Crippen LogP contribution in [0.4, 0.5) is 5.69 Å². The number of likely N-dealkylation sites (tertiary alicyclic amines) is 1. The lowest BCUT2D eigenvalue weighted by Crippen LogP contribution is -2.52. The maximum Gasteiger partial charge on any atom is 0.495 e. The van der Waals surface area contributed by atoms with E-state index >= 15 is 0 Å². The summed E-state index contributed by atoms with van der Waals surface area (Å²) in [6, 6.07) is 5.47. The molecule has 1 saturated carbocycles. The number of piperidine rings is 1. The SMILES string of the molecule is CC1(C)OB(c2cc(NC(=O)C3CC3)ccc2C(=O)N2CCC3(CC2)COC3)OC1(C)C. The van der Waals surface area contributed by atoms with Gasteiger partial charge in [-0.25, -0.2) is 0 Å². The van der Waals surface area contributed by atoms with Crippen LogP contribution < -0.4 is 10.8 Å². The molecule has 0 radical (unpaired) electrons. The van der Waals surface area contributed by atoms with Crippen LogP contribution in [0.3, 0.4) is 0 Å². The Hall–Kier alpha value is -1.90. The Bertz CT molecular complexity index is 912. The summed E-state index contributed by atoms with van der Waals surface area (Å²) in [7, 11) is -0.673. The van der Waals surface area contributed by atoms with Crippen molar-refractivity contribution in [3.8, 4) is 0 Å². The van der Waals surface area contributed by atoms with E-state index in [4.69, 9.17) is 14.0 Å². The maximum absolute atomic E-state index is 13.6. The van der Waals surface area contributed by atoms with E-state index in [1.165, 1.54) is 0 Å². The average Bonchev–Trinajstić information content (AvgIpc) is 3.53. The molecular formula is C24H33BN2O5. The summed E-state index contributed by atoms with van der Waals surface area (Å²) in [4.78, 5) is 27.8. The third-order valence-electron chi connectivity index (χ3n) is 7.93. The molecule has 8 heteroatoms. The van der Waals surface area contributed by atoms with Crippen molar-refractivity contribution in [2.75, 3.05) is 31.6 Å². The molecule has 0 unspecified atom stereocenters. The van der Waals surface area contributed by atoms with Crippen molar-refractivity contribution in [2.24, 2.45) is 11.3 Å². The van der Waals surface area contributed by atoms with E-state index < -0.39 is 18.3 Å². The quantitative estimate of drug-likeness (QED) is 0.729. The van der Waals surface area contributed by atoms with Gasteiger partial charge in [-0.1, -0.05) is 0 Å². The van der Waals surface area contributed by atoms with Gasteiger partial charge in [0.05, 0.1) is 24.4 Å². The predicted octanol–water partition coefficient (Wildman–Crippen LogP) is 2.59. The minimum atomic E-state index is -0.673. The highest BCUT2D eigenvalue weighted by Gasteiger charge is 2.53. The highest BCUT2D eigenvalue weighted by Crippen LogP contribution is 2.39. The first-order valence-electron chi connectivity index (χ1n) is 11.8. The predicted molar refractivity (Wildman–Crippen MR) is 122 cm³/mol. The summed E-state index contributed by atoms with van der Waals surface area (Å²) in [5, 5.41) is 2.99. The highest BCUT2D eigenvalue weighted by atomic mass is 16.7. The molecule has 1 spiro atoms. The molecule has 0 bridgehead atoms. The number of rotatable bonds is 4. The van der Waals surface area contributed by atoms with Gasteiger partial charge in [-0.2, -0.15) is 0 Å². The van der Waals surface area contributed by atoms with Crippen LogP contribution in [-0.4, -0.2) is 61.3 Å². The zero-order chi connectivity index (χ0) is 22.7. The topological polar surface area (TPSA) is 77.1 Å². The third-order valence-corrected chi connectivity index (χ3v) is 7.93. The molecule has 2 amide bonds. The van der Waals surface area contributed by atoms with E-state index in [1.54, 1.807) is 0 Å². The first kappa shape index (κ1) is 21.9. The number of nitrogens with one attached hydrogen (secondary N) is 1. The van der Waals surface area contributed by atoms with Crippen LogP contribution in [0.2, 0.25) is 0 Å². The largest absolute Gasteiger partial charge is 0.495 e.